The molecule has 4 N–H and O–H groups in total. The minimum Gasteiger partial charge on any atom is -0.394 e. The van der Waals surface area contributed by atoms with Gasteiger partial charge in [-0.1, -0.05) is 26.2 Å². The first-order chi connectivity index (χ1) is 7.63. The van der Waals surface area contributed by atoms with Crippen molar-refractivity contribution < 1.29 is 20.4 Å². The zero-order valence-electron chi connectivity index (χ0n) is 9.88. The van der Waals surface area contributed by atoms with Gasteiger partial charge in [0.05, 0.1) is 12.7 Å². The maximum absolute atomic E-state index is 9.48. The van der Waals surface area contributed by atoms with Crippen molar-refractivity contribution >= 4 is 11.8 Å². The fourth-order valence-corrected chi connectivity index (χ4v) is 2.31. The van der Waals surface area contributed by atoms with E-state index < -0.39 is 24.9 Å². The number of aliphatic hydroxyl groups excluding tert-OH is 4. The molecule has 0 unspecified atom stereocenters. The monoisotopic (exact) mass is 252 g/mol. The van der Waals surface area contributed by atoms with Gasteiger partial charge in [0, 0.05) is 5.75 Å². The second kappa shape index (κ2) is 10.4. The van der Waals surface area contributed by atoms with Gasteiger partial charge in [0.2, 0.25) is 0 Å². The molecule has 0 saturated carbocycles. The molecule has 0 rings (SSSR count). The lowest BCUT2D eigenvalue weighted by Gasteiger charge is -2.21. The molecule has 0 aliphatic rings. The van der Waals surface area contributed by atoms with Crippen LogP contribution < -0.4 is 0 Å². The molecule has 5 heteroatoms. The van der Waals surface area contributed by atoms with E-state index in [0.29, 0.717) is 5.75 Å². The van der Waals surface area contributed by atoms with Crippen molar-refractivity contribution in [2.75, 3.05) is 18.1 Å². The molecular weight excluding hydrogens is 228 g/mol. The number of thioether (sulfide) groups is 1. The van der Waals surface area contributed by atoms with Crippen LogP contribution >= 0.6 is 11.8 Å². The molecule has 4 nitrogen and oxygen atoms in total. The first kappa shape index (κ1) is 16.2. The van der Waals surface area contributed by atoms with Crippen LogP contribution in [0.25, 0.3) is 0 Å². The lowest BCUT2D eigenvalue weighted by atomic mass is 10.1. The Kier molecular flexibility index (Phi) is 10.5. The maximum atomic E-state index is 9.48. The summed E-state index contributed by atoms with van der Waals surface area (Å²) in [6, 6.07) is 0. The number of unbranched alkanes of at least 4 members (excludes halogenated alkanes) is 3. The normalized spacial score (nSPS) is 17.1. The van der Waals surface area contributed by atoms with Crippen LogP contribution in [0.3, 0.4) is 0 Å². The molecule has 0 heterocycles. The SMILES string of the molecule is CCCCCCSC[C@@H](O)[C@H](O)[C@@H](O)CO. The summed E-state index contributed by atoms with van der Waals surface area (Å²) in [5.74, 6) is 1.35. The van der Waals surface area contributed by atoms with E-state index in [4.69, 9.17) is 10.2 Å². The van der Waals surface area contributed by atoms with E-state index in [1.807, 2.05) is 0 Å². The summed E-state index contributed by atoms with van der Waals surface area (Å²) >= 11 is 1.57. The summed E-state index contributed by atoms with van der Waals surface area (Å²) in [7, 11) is 0. The van der Waals surface area contributed by atoms with Crippen LogP contribution in [0.2, 0.25) is 0 Å². The predicted octanol–water partition coefficient (Wildman–Crippen LogP) is 0.375. The van der Waals surface area contributed by atoms with E-state index in [2.05, 4.69) is 6.92 Å². The van der Waals surface area contributed by atoms with Crippen LogP contribution in [-0.4, -0.2) is 56.9 Å². The second-order valence-electron chi connectivity index (χ2n) is 3.94. The molecule has 0 aromatic carbocycles. The molecule has 3 atom stereocenters. The molecule has 0 spiro atoms. The van der Waals surface area contributed by atoms with E-state index in [0.717, 1.165) is 12.2 Å². The summed E-state index contributed by atoms with van der Waals surface area (Å²) in [5, 5.41) is 36.5. The van der Waals surface area contributed by atoms with Gasteiger partial charge in [0.25, 0.3) is 0 Å². The van der Waals surface area contributed by atoms with E-state index in [-0.39, 0.29) is 0 Å². The molecule has 0 fully saturated rings. The van der Waals surface area contributed by atoms with Crippen molar-refractivity contribution in [2.45, 2.75) is 50.9 Å². The number of hydrogen-bond donors (Lipinski definition) is 4. The second-order valence-corrected chi connectivity index (χ2v) is 5.09. The zero-order valence-corrected chi connectivity index (χ0v) is 10.7. The van der Waals surface area contributed by atoms with Gasteiger partial charge < -0.3 is 20.4 Å². The predicted molar refractivity (Wildman–Crippen MR) is 66.6 cm³/mol. The van der Waals surface area contributed by atoms with E-state index in [1.165, 1.54) is 19.3 Å². The highest BCUT2D eigenvalue weighted by Gasteiger charge is 2.23. The van der Waals surface area contributed by atoms with Crippen molar-refractivity contribution in [2.24, 2.45) is 0 Å². The third kappa shape index (κ3) is 7.46. The molecule has 0 amide bonds. The Bertz CT molecular complexity index is 157. The Labute approximate surface area is 102 Å². The van der Waals surface area contributed by atoms with Crippen molar-refractivity contribution in [1.29, 1.82) is 0 Å². The van der Waals surface area contributed by atoms with Gasteiger partial charge in [-0.2, -0.15) is 11.8 Å². The summed E-state index contributed by atoms with van der Waals surface area (Å²) in [6.45, 7) is 1.63. The quantitative estimate of drug-likeness (QED) is 0.423. The first-order valence-electron chi connectivity index (χ1n) is 5.86. The highest BCUT2D eigenvalue weighted by Crippen LogP contribution is 2.11. The van der Waals surface area contributed by atoms with Gasteiger partial charge >= 0.3 is 0 Å². The lowest BCUT2D eigenvalue weighted by molar-refractivity contribution is -0.0683. The smallest absolute Gasteiger partial charge is 0.109 e. The van der Waals surface area contributed by atoms with Gasteiger partial charge in [-0.25, -0.2) is 0 Å². The third-order valence-electron chi connectivity index (χ3n) is 2.41. The molecule has 0 aromatic heterocycles. The van der Waals surface area contributed by atoms with Crippen LogP contribution in [0, 0.1) is 0 Å². The molecule has 0 aliphatic carbocycles. The Morgan fingerprint density at radius 2 is 1.69 bits per heavy atom. The van der Waals surface area contributed by atoms with Gasteiger partial charge in [-0.15, -0.1) is 0 Å². The highest BCUT2D eigenvalue weighted by atomic mass is 32.2. The van der Waals surface area contributed by atoms with Gasteiger partial charge in [-0.3, -0.25) is 0 Å². The van der Waals surface area contributed by atoms with Crippen LogP contribution in [0.4, 0.5) is 0 Å². The first-order valence-corrected chi connectivity index (χ1v) is 7.01. The Balaban J connectivity index is 3.45. The number of aliphatic hydroxyl groups is 4. The van der Waals surface area contributed by atoms with Crippen molar-refractivity contribution in [3.05, 3.63) is 0 Å². The molecular formula is C11H24O4S. The van der Waals surface area contributed by atoms with Crippen molar-refractivity contribution in [3.8, 4) is 0 Å². The van der Waals surface area contributed by atoms with E-state index in [1.54, 1.807) is 11.8 Å². The number of rotatable bonds is 10. The average Bonchev–Trinajstić information content (AvgIpc) is 2.31. The molecule has 0 radical (unpaired) electrons. The average molecular weight is 252 g/mol. The largest absolute Gasteiger partial charge is 0.394 e. The van der Waals surface area contributed by atoms with Gasteiger partial charge in [0.15, 0.2) is 0 Å². The van der Waals surface area contributed by atoms with Crippen LogP contribution in [-0.2, 0) is 0 Å². The van der Waals surface area contributed by atoms with Crippen molar-refractivity contribution in [1.82, 2.24) is 0 Å². The molecule has 0 bridgehead atoms. The van der Waals surface area contributed by atoms with E-state index >= 15 is 0 Å². The Morgan fingerprint density at radius 1 is 1.00 bits per heavy atom. The van der Waals surface area contributed by atoms with Crippen LogP contribution in [0.1, 0.15) is 32.6 Å². The lowest BCUT2D eigenvalue weighted by Crippen LogP contribution is -2.40. The third-order valence-corrected chi connectivity index (χ3v) is 3.56. The molecule has 16 heavy (non-hydrogen) atoms. The molecule has 0 aromatic rings. The van der Waals surface area contributed by atoms with E-state index in [9.17, 15) is 10.2 Å². The molecule has 98 valence electrons. The molecule has 0 aliphatic heterocycles. The zero-order chi connectivity index (χ0) is 12.4. The number of hydrogen-bond acceptors (Lipinski definition) is 5. The van der Waals surface area contributed by atoms with Crippen LogP contribution in [0.15, 0.2) is 0 Å². The highest BCUT2D eigenvalue weighted by molar-refractivity contribution is 7.99. The maximum Gasteiger partial charge on any atom is 0.109 e. The summed E-state index contributed by atoms with van der Waals surface area (Å²) in [6.07, 6.45) is 1.26. The Hall–Kier alpha value is 0.190. The topological polar surface area (TPSA) is 80.9 Å². The minimum absolute atomic E-state index is 0.393. The van der Waals surface area contributed by atoms with Gasteiger partial charge in [0.1, 0.15) is 12.2 Å². The Morgan fingerprint density at radius 3 is 2.25 bits per heavy atom. The molecule has 0 saturated heterocycles. The standard InChI is InChI=1S/C11H24O4S/c1-2-3-4-5-6-16-8-10(14)11(15)9(13)7-12/h9-15H,2-8H2,1H3/t9-,10+,11+/m0/s1. The fourth-order valence-electron chi connectivity index (χ4n) is 1.30. The fraction of sp³-hybridized carbons (Fsp3) is 1.00. The van der Waals surface area contributed by atoms with Gasteiger partial charge in [-0.05, 0) is 12.2 Å². The van der Waals surface area contributed by atoms with Crippen LogP contribution in [0.5, 0.6) is 0 Å². The minimum atomic E-state index is -1.26. The summed E-state index contributed by atoms with van der Waals surface area (Å²) in [5.41, 5.74) is 0. The summed E-state index contributed by atoms with van der Waals surface area (Å²) in [4.78, 5) is 0. The summed E-state index contributed by atoms with van der Waals surface area (Å²) < 4.78 is 0. The van der Waals surface area contributed by atoms with Crippen molar-refractivity contribution in [3.63, 3.8) is 0 Å².